The third-order valence-corrected chi connectivity index (χ3v) is 4.34. The molecule has 12 nitrogen and oxygen atoms in total. The number of ether oxygens (including phenoxy) is 10. The van der Waals surface area contributed by atoms with E-state index in [1.807, 2.05) is 14.1 Å². The van der Waals surface area contributed by atoms with E-state index in [1.54, 1.807) is 0 Å². The van der Waals surface area contributed by atoms with Gasteiger partial charge in [0.05, 0.1) is 132 Å². The van der Waals surface area contributed by atoms with Crippen LogP contribution >= 0.6 is 0 Å². The standard InChI is InChI=1S/C24H52N2O10/c1-25-3-5-27-7-9-29-11-13-31-15-17-33-19-21-35-23-24-36-22-20-34-18-16-32-14-12-30-10-8-28-6-4-26-2/h25-26H,3-24H2,1-2H3. The van der Waals surface area contributed by atoms with Gasteiger partial charge in [-0.2, -0.15) is 0 Å². The van der Waals surface area contributed by atoms with E-state index in [0.29, 0.717) is 132 Å². The minimum absolute atomic E-state index is 0.527. The van der Waals surface area contributed by atoms with E-state index in [1.165, 1.54) is 0 Å². The monoisotopic (exact) mass is 528 g/mol. The van der Waals surface area contributed by atoms with Gasteiger partial charge in [-0.1, -0.05) is 0 Å². The smallest absolute Gasteiger partial charge is 0.0701 e. The Morgan fingerprint density at radius 3 is 0.528 bits per heavy atom. The molecule has 36 heavy (non-hydrogen) atoms. The van der Waals surface area contributed by atoms with Gasteiger partial charge in [-0.25, -0.2) is 0 Å². The Morgan fingerprint density at radius 2 is 0.389 bits per heavy atom. The van der Waals surface area contributed by atoms with Crippen molar-refractivity contribution in [1.29, 1.82) is 0 Å². The van der Waals surface area contributed by atoms with E-state index >= 15 is 0 Å². The second-order valence-electron chi connectivity index (χ2n) is 7.33. The quantitative estimate of drug-likeness (QED) is 0.108. The molecule has 0 aliphatic heterocycles. The zero-order valence-electron chi connectivity index (χ0n) is 22.6. The molecular weight excluding hydrogens is 476 g/mol. The lowest BCUT2D eigenvalue weighted by molar-refractivity contribution is -0.0263. The van der Waals surface area contributed by atoms with Crippen molar-refractivity contribution in [1.82, 2.24) is 10.6 Å². The molecule has 0 aliphatic rings. The minimum Gasteiger partial charge on any atom is -0.378 e. The molecule has 0 aromatic carbocycles. The summed E-state index contributed by atoms with van der Waals surface area (Å²) >= 11 is 0. The number of hydrogen-bond donors (Lipinski definition) is 2. The van der Waals surface area contributed by atoms with Crippen LogP contribution in [0, 0.1) is 0 Å². The van der Waals surface area contributed by atoms with Crippen molar-refractivity contribution in [3.05, 3.63) is 0 Å². The second kappa shape index (κ2) is 34.5. The molecule has 0 spiro atoms. The van der Waals surface area contributed by atoms with Gasteiger partial charge >= 0.3 is 0 Å². The van der Waals surface area contributed by atoms with Crippen LogP contribution in [-0.4, -0.2) is 159 Å². The number of hydrogen-bond acceptors (Lipinski definition) is 12. The first kappa shape index (κ1) is 35.5. The van der Waals surface area contributed by atoms with Gasteiger partial charge < -0.3 is 58.0 Å². The van der Waals surface area contributed by atoms with Gasteiger partial charge in [0.25, 0.3) is 0 Å². The largest absolute Gasteiger partial charge is 0.378 e. The zero-order chi connectivity index (χ0) is 26.0. The molecule has 0 aliphatic carbocycles. The predicted octanol–water partition coefficient (Wildman–Crippen LogP) is -0.409. The Hall–Kier alpha value is -0.480. The average molecular weight is 529 g/mol. The lowest BCUT2D eigenvalue weighted by Gasteiger charge is -2.09. The molecule has 0 atom stereocenters. The van der Waals surface area contributed by atoms with Crippen molar-refractivity contribution in [3.63, 3.8) is 0 Å². The molecule has 0 radical (unpaired) electrons. The van der Waals surface area contributed by atoms with Crippen LogP contribution in [0.15, 0.2) is 0 Å². The lowest BCUT2D eigenvalue weighted by Crippen LogP contribution is -2.17. The maximum atomic E-state index is 5.46. The summed E-state index contributed by atoms with van der Waals surface area (Å²) in [4.78, 5) is 0. The molecule has 2 N–H and O–H groups in total. The Bertz CT molecular complexity index is 353. The lowest BCUT2D eigenvalue weighted by atomic mass is 10.6. The Balaban J connectivity index is 3.00. The summed E-state index contributed by atoms with van der Waals surface area (Å²) in [6.45, 7) is 13.0. The Kier molecular flexibility index (Phi) is 34.1. The van der Waals surface area contributed by atoms with Crippen LogP contribution in [0.2, 0.25) is 0 Å². The summed E-state index contributed by atoms with van der Waals surface area (Å²) in [5.74, 6) is 0. The molecule has 0 rings (SSSR count). The van der Waals surface area contributed by atoms with E-state index in [9.17, 15) is 0 Å². The molecule has 0 heterocycles. The summed E-state index contributed by atoms with van der Waals surface area (Å²) in [6, 6.07) is 0. The van der Waals surface area contributed by atoms with Gasteiger partial charge in [-0.15, -0.1) is 0 Å². The number of rotatable bonds is 33. The van der Waals surface area contributed by atoms with E-state index in [2.05, 4.69) is 10.6 Å². The van der Waals surface area contributed by atoms with Gasteiger partial charge in [0.2, 0.25) is 0 Å². The van der Waals surface area contributed by atoms with E-state index < -0.39 is 0 Å². The first-order valence-corrected chi connectivity index (χ1v) is 13.0. The van der Waals surface area contributed by atoms with Gasteiger partial charge in [0.15, 0.2) is 0 Å². The van der Waals surface area contributed by atoms with Crippen LogP contribution in [0.4, 0.5) is 0 Å². The van der Waals surface area contributed by atoms with Gasteiger partial charge in [0.1, 0.15) is 0 Å². The highest BCUT2D eigenvalue weighted by Crippen LogP contribution is 1.86. The summed E-state index contributed by atoms with van der Waals surface area (Å²) in [7, 11) is 3.79. The Morgan fingerprint density at radius 1 is 0.250 bits per heavy atom. The van der Waals surface area contributed by atoms with Crippen LogP contribution in [-0.2, 0) is 47.4 Å². The molecule has 0 saturated heterocycles. The van der Waals surface area contributed by atoms with E-state index in [4.69, 9.17) is 47.4 Å². The molecule has 0 unspecified atom stereocenters. The summed E-state index contributed by atoms with van der Waals surface area (Å²) < 4.78 is 54.2. The number of nitrogens with one attached hydrogen (secondary N) is 2. The maximum absolute atomic E-state index is 5.46. The van der Waals surface area contributed by atoms with Gasteiger partial charge in [-0.3, -0.25) is 0 Å². The first-order chi connectivity index (χ1) is 17.9. The van der Waals surface area contributed by atoms with Crippen molar-refractivity contribution < 1.29 is 47.4 Å². The van der Waals surface area contributed by atoms with Crippen LogP contribution in [0.25, 0.3) is 0 Å². The second-order valence-corrected chi connectivity index (χ2v) is 7.33. The molecule has 0 amide bonds. The van der Waals surface area contributed by atoms with Crippen molar-refractivity contribution >= 4 is 0 Å². The van der Waals surface area contributed by atoms with Crippen molar-refractivity contribution in [2.45, 2.75) is 0 Å². The number of likely N-dealkylation sites (N-methyl/N-ethyl adjacent to an activating group) is 2. The molecule has 218 valence electrons. The normalized spacial score (nSPS) is 11.5. The third-order valence-electron chi connectivity index (χ3n) is 4.34. The SMILES string of the molecule is CNCCOCCOCCOCCOCCOCCOCCOCCOCCOCCOCCNC. The van der Waals surface area contributed by atoms with Crippen molar-refractivity contribution in [2.24, 2.45) is 0 Å². The molecule has 0 aromatic rings. The predicted molar refractivity (Wildman–Crippen MR) is 136 cm³/mol. The average Bonchev–Trinajstić information content (AvgIpc) is 2.89. The maximum Gasteiger partial charge on any atom is 0.0701 e. The molecule has 0 saturated carbocycles. The van der Waals surface area contributed by atoms with Crippen molar-refractivity contribution in [2.75, 3.05) is 159 Å². The fourth-order valence-electron chi connectivity index (χ4n) is 2.43. The fourth-order valence-corrected chi connectivity index (χ4v) is 2.43. The van der Waals surface area contributed by atoms with Crippen LogP contribution < -0.4 is 10.6 Å². The van der Waals surface area contributed by atoms with Crippen LogP contribution in [0.3, 0.4) is 0 Å². The molecule has 0 fully saturated rings. The topological polar surface area (TPSA) is 116 Å². The highest BCUT2D eigenvalue weighted by atomic mass is 16.6. The van der Waals surface area contributed by atoms with E-state index in [0.717, 1.165) is 13.1 Å². The van der Waals surface area contributed by atoms with Crippen LogP contribution in [0.5, 0.6) is 0 Å². The highest BCUT2D eigenvalue weighted by molar-refractivity contribution is 4.40. The van der Waals surface area contributed by atoms with E-state index in [-0.39, 0.29) is 0 Å². The van der Waals surface area contributed by atoms with Gasteiger partial charge in [-0.05, 0) is 14.1 Å². The molecule has 0 bridgehead atoms. The first-order valence-electron chi connectivity index (χ1n) is 13.0. The zero-order valence-corrected chi connectivity index (χ0v) is 22.6. The summed E-state index contributed by atoms with van der Waals surface area (Å²) in [5.41, 5.74) is 0. The van der Waals surface area contributed by atoms with Gasteiger partial charge in [0, 0.05) is 13.1 Å². The molecular formula is C24H52N2O10. The minimum atomic E-state index is 0.527. The summed E-state index contributed by atoms with van der Waals surface area (Å²) in [6.07, 6.45) is 0. The Labute approximate surface area is 217 Å². The van der Waals surface area contributed by atoms with Crippen LogP contribution in [0.1, 0.15) is 0 Å². The summed E-state index contributed by atoms with van der Waals surface area (Å²) in [5, 5.41) is 6.04. The molecule has 12 heteroatoms. The third kappa shape index (κ3) is 33.5. The van der Waals surface area contributed by atoms with Crippen molar-refractivity contribution in [3.8, 4) is 0 Å². The fraction of sp³-hybridized carbons (Fsp3) is 1.00. The molecule has 0 aromatic heterocycles. The highest BCUT2D eigenvalue weighted by Gasteiger charge is 1.96.